The molecule has 1 N–H and O–H groups in total. The Morgan fingerprint density at radius 3 is 2.37 bits per heavy atom. The maximum absolute atomic E-state index is 12.7. The van der Waals surface area contributed by atoms with Crippen molar-refractivity contribution in [2.75, 3.05) is 32.8 Å². The van der Waals surface area contributed by atoms with Crippen molar-refractivity contribution in [2.24, 2.45) is 0 Å². The van der Waals surface area contributed by atoms with Crippen molar-refractivity contribution in [3.05, 3.63) is 42.0 Å². The maximum atomic E-state index is 12.7. The number of aromatic nitrogens is 2. The van der Waals surface area contributed by atoms with Crippen LogP contribution in [0.1, 0.15) is 24.2 Å². The number of carbonyl (C=O) groups is 1. The third-order valence-corrected chi connectivity index (χ3v) is 4.96. The fourth-order valence-corrected chi connectivity index (χ4v) is 3.49. The molecule has 1 aromatic heterocycles. The molecule has 0 aliphatic heterocycles. The largest absolute Gasteiger partial charge is 0.497 e. The Morgan fingerprint density at radius 2 is 1.67 bits per heavy atom. The van der Waals surface area contributed by atoms with E-state index >= 15 is 0 Å². The predicted octanol–water partition coefficient (Wildman–Crippen LogP) is 4.27. The Bertz CT molecular complexity index is 1020. The Hall–Kier alpha value is -3.33. The van der Waals surface area contributed by atoms with Crippen LogP contribution >= 0.6 is 11.3 Å². The summed E-state index contributed by atoms with van der Waals surface area (Å²) in [5.41, 5.74) is 1.16. The first kappa shape index (κ1) is 21.4. The van der Waals surface area contributed by atoms with E-state index in [1.807, 2.05) is 19.9 Å². The highest BCUT2D eigenvalue weighted by molar-refractivity contribution is 7.18. The number of benzene rings is 2. The Balaban J connectivity index is 1.81. The fourth-order valence-electron chi connectivity index (χ4n) is 2.73. The molecular formula is C21H23N3O5S. The summed E-state index contributed by atoms with van der Waals surface area (Å²) in [6.45, 7) is 4.74. The van der Waals surface area contributed by atoms with Gasteiger partial charge in [-0.3, -0.25) is 10.1 Å². The maximum Gasteiger partial charge on any atom is 0.257 e. The zero-order valence-corrected chi connectivity index (χ0v) is 18.0. The fraction of sp³-hybridized carbons (Fsp3) is 0.286. The molecule has 3 aromatic rings. The van der Waals surface area contributed by atoms with Crippen molar-refractivity contribution in [2.45, 2.75) is 13.8 Å². The molecule has 0 saturated heterocycles. The number of hydrogen-bond acceptors (Lipinski definition) is 8. The summed E-state index contributed by atoms with van der Waals surface area (Å²) in [6.07, 6.45) is 0. The standard InChI is InChI=1S/C21H23N3O5S/c1-5-28-17-9-7-13(11-18(17)29-6-2)19(25)22-21-24-23-20(30-21)15-12-14(26-3)8-10-16(15)27-4/h7-12H,5-6H2,1-4H3,(H,22,24,25). The summed E-state index contributed by atoms with van der Waals surface area (Å²) in [7, 11) is 3.17. The first-order chi connectivity index (χ1) is 14.6. The van der Waals surface area contributed by atoms with Gasteiger partial charge < -0.3 is 18.9 Å². The molecule has 3 rings (SSSR count). The number of carbonyl (C=O) groups excluding carboxylic acids is 1. The predicted molar refractivity (Wildman–Crippen MR) is 115 cm³/mol. The molecule has 0 radical (unpaired) electrons. The summed E-state index contributed by atoms with van der Waals surface area (Å²) in [5.74, 6) is 2.10. The Labute approximate surface area is 178 Å². The van der Waals surface area contributed by atoms with Crippen LogP contribution in [0.4, 0.5) is 5.13 Å². The number of hydrogen-bond donors (Lipinski definition) is 1. The molecule has 0 atom stereocenters. The topological polar surface area (TPSA) is 91.8 Å². The highest BCUT2D eigenvalue weighted by Gasteiger charge is 2.16. The molecule has 0 aliphatic carbocycles. The Kier molecular flexibility index (Phi) is 7.08. The molecule has 0 saturated carbocycles. The van der Waals surface area contributed by atoms with Crippen LogP contribution in [0.15, 0.2) is 36.4 Å². The molecule has 0 aliphatic rings. The quantitative estimate of drug-likeness (QED) is 0.543. The summed E-state index contributed by atoms with van der Waals surface area (Å²) < 4.78 is 21.8. The molecule has 0 spiro atoms. The van der Waals surface area contributed by atoms with Gasteiger partial charge in [-0.05, 0) is 50.2 Å². The van der Waals surface area contributed by atoms with E-state index in [1.165, 1.54) is 11.3 Å². The second-order valence-electron chi connectivity index (χ2n) is 5.96. The van der Waals surface area contributed by atoms with Gasteiger partial charge in [0.15, 0.2) is 16.5 Å². The average molecular weight is 429 g/mol. The molecule has 0 bridgehead atoms. The minimum Gasteiger partial charge on any atom is -0.497 e. The van der Waals surface area contributed by atoms with E-state index in [0.717, 1.165) is 5.56 Å². The first-order valence-electron chi connectivity index (χ1n) is 9.36. The van der Waals surface area contributed by atoms with E-state index in [-0.39, 0.29) is 5.91 Å². The van der Waals surface area contributed by atoms with E-state index < -0.39 is 0 Å². The SMILES string of the molecule is CCOc1ccc(C(=O)Nc2nnc(-c3cc(OC)ccc3OC)s2)cc1OCC. The summed E-state index contributed by atoms with van der Waals surface area (Å²) >= 11 is 1.24. The van der Waals surface area contributed by atoms with E-state index in [1.54, 1.807) is 44.6 Å². The minimum atomic E-state index is -0.320. The normalized spacial score (nSPS) is 10.4. The van der Waals surface area contributed by atoms with Gasteiger partial charge in [0.2, 0.25) is 5.13 Å². The molecule has 158 valence electrons. The van der Waals surface area contributed by atoms with Crippen molar-refractivity contribution in [1.29, 1.82) is 0 Å². The van der Waals surface area contributed by atoms with Gasteiger partial charge in [0.05, 0.1) is 33.0 Å². The lowest BCUT2D eigenvalue weighted by Crippen LogP contribution is -2.12. The lowest BCUT2D eigenvalue weighted by atomic mass is 10.2. The number of ether oxygens (including phenoxy) is 4. The zero-order valence-electron chi connectivity index (χ0n) is 17.2. The van der Waals surface area contributed by atoms with E-state index in [2.05, 4.69) is 15.5 Å². The minimum absolute atomic E-state index is 0.320. The van der Waals surface area contributed by atoms with Gasteiger partial charge in [-0.2, -0.15) is 0 Å². The molecular weight excluding hydrogens is 406 g/mol. The number of nitrogens with one attached hydrogen (secondary N) is 1. The van der Waals surface area contributed by atoms with Crippen molar-refractivity contribution in [3.63, 3.8) is 0 Å². The van der Waals surface area contributed by atoms with Gasteiger partial charge in [0.25, 0.3) is 5.91 Å². The summed E-state index contributed by atoms with van der Waals surface area (Å²) in [4.78, 5) is 12.7. The van der Waals surface area contributed by atoms with Crippen LogP contribution in [-0.2, 0) is 0 Å². The zero-order chi connectivity index (χ0) is 21.5. The lowest BCUT2D eigenvalue weighted by molar-refractivity contribution is 0.102. The van der Waals surface area contributed by atoms with Crippen LogP contribution < -0.4 is 24.3 Å². The van der Waals surface area contributed by atoms with Crippen LogP contribution in [0.25, 0.3) is 10.6 Å². The van der Waals surface area contributed by atoms with Gasteiger partial charge in [-0.25, -0.2) is 0 Å². The number of amides is 1. The molecule has 30 heavy (non-hydrogen) atoms. The average Bonchev–Trinajstić information content (AvgIpc) is 3.23. The third-order valence-electron chi connectivity index (χ3n) is 4.09. The van der Waals surface area contributed by atoms with E-state index in [9.17, 15) is 4.79 Å². The van der Waals surface area contributed by atoms with E-state index in [4.69, 9.17) is 18.9 Å². The molecule has 8 nitrogen and oxygen atoms in total. The van der Waals surface area contributed by atoms with Gasteiger partial charge in [0.1, 0.15) is 11.5 Å². The van der Waals surface area contributed by atoms with Gasteiger partial charge in [-0.15, -0.1) is 10.2 Å². The molecule has 1 amide bonds. The van der Waals surface area contributed by atoms with Crippen molar-refractivity contribution in [1.82, 2.24) is 10.2 Å². The van der Waals surface area contributed by atoms with Gasteiger partial charge in [-0.1, -0.05) is 11.3 Å². The Morgan fingerprint density at radius 1 is 0.933 bits per heavy atom. The molecule has 2 aromatic carbocycles. The van der Waals surface area contributed by atoms with Crippen LogP contribution in [0.2, 0.25) is 0 Å². The summed E-state index contributed by atoms with van der Waals surface area (Å²) in [5, 5.41) is 12.0. The molecule has 0 fully saturated rings. The van der Waals surface area contributed by atoms with Crippen LogP contribution in [0.5, 0.6) is 23.0 Å². The van der Waals surface area contributed by atoms with Crippen LogP contribution in [-0.4, -0.2) is 43.5 Å². The van der Waals surface area contributed by atoms with Crippen molar-refractivity contribution in [3.8, 4) is 33.6 Å². The molecule has 0 unspecified atom stereocenters. The number of anilines is 1. The smallest absolute Gasteiger partial charge is 0.257 e. The van der Waals surface area contributed by atoms with Crippen LogP contribution in [0.3, 0.4) is 0 Å². The highest BCUT2D eigenvalue weighted by atomic mass is 32.1. The van der Waals surface area contributed by atoms with E-state index in [0.29, 0.717) is 51.9 Å². The number of methoxy groups -OCH3 is 2. The second kappa shape index (κ2) is 9.93. The second-order valence-corrected chi connectivity index (χ2v) is 6.94. The summed E-state index contributed by atoms with van der Waals surface area (Å²) in [6, 6.07) is 10.4. The lowest BCUT2D eigenvalue weighted by Gasteiger charge is -2.12. The first-order valence-corrected chi connectivity index (χ1v) is 10.2. The highest BCUT2D eigenvalue weighted by Crippen LogP contribution is 2.36. The molecule has 9 heteroatoms. The number of rotatable bonds is 9. The van der Waals surface area contributed by atoms with Gasteiger partial charge in [0, 0.05) is 5.56 Å². The molecule has 1 heterocycles. The monoisotopic (exact) mass is 429 g/mol. The van der Waals surface area contributed by atoms with Crippen LogP contribution in [0, 0.1) is 0 Å². The van der Waals surface area contributed by atoms with Crippen molar-refractivity contribution >= 4 is 22.4 Å². The third kappa shape index (κ3) is 4.80. The van der Waals surface area contributed by atoms with Crippen molar-refractivity contribution < 1.29 is 23.7 Å². The number of nitrogens with zero attached hydrogens (tertiary/aromatic N) is 2. The van der Waals surface area contributed by atoms with Gasteiger partial charge >= 0.3 is 0 Å².